The summed E-state index contributed by atoms with van der Waals surface area (Å²) >= 11 is 0. The van der Waals surface area contributed by atoms with Crippen molar-refractivity contribution in [1.29, 1.82) is 0 Å². The van der Waals surface area contributed by atoms with Crippen molar-refractivity contribution in [3.63, 3.8) is 0 Å². The van der Waals surface area contributed by atoms with Crippen LogP contribution < -0.4 is 5.32 Å². The van der Waals surface area contributed by atoms with Gasteiger partial charge in [0.1, 0.15) is 0 Å². The van der Waals surface area contributed by atoms with Crippen LogP contribution in [0.15, 0.2) is 30.3 Å². The standard InChI is InChI=1S/C11H16NO3P.ClH/c1-16(14,15)9-11(13)8-12-7-10-5-3-2-4-6-10;/h2-6,12H,7-9H2,1H3,(H,14,15);1H. The molecule has 1 aromatic rings. The monoisotopic (exact) mass is 277 g/mol. The number of halogens is 1. The zero-order valence-electron chi connectivity index (χ0n) is 9.63. The van der Waals surface area contributed by atoms with E-state index in [4.69, 9.17) is 4.89 Å². The van der Waals surface area contributed by atoms with E-state index in [2.05, 4.69) is 5.32 Å². The van der Waals surface area contributed by atoms with Crippen LogP contribution in [0.1, 0.15) is 5.56 Å². The maximum Gasteiger partial charge on any atom is 0.204 e. The van der Waals surface area contributed by atoms with E-state index < -0.39 is 7.37 Å². The summed E-state index contributed by atoms with van der Waals surface area (Å²) in [5.41, 5.74) is 1.08. The highest BCUT2D eigenvalue weighted by molar-refractivity contribution is 7.58. The third-order valence-electron chi connectivity index (χ3n) is 1.96. The highest BCUT2D eigenvalue weighted by Gasteiger charge is 2.15. The molecule has 0 aliphatic heterocycles. The molecule has 0 saturated carbocycles. The van der Waals surface area contributed by atoms with Crippen LogP contribution in [0.5, 0.6) is 0 Å². The van der Waals surface area contributed by atoms with Gasteiger partial charge in [0.05, 0.1) is 12.7 Å². The molecular formula is C11H17ClNO3P. The van der Waals surface area contributed by atoms with E-state index >= 15 is 0 Å². The van der Waals surface area contributed by atoms with E-state index in [1.165, 1.54) is 6.66 Å². The van der Waals surface area contributed by atoms with Gasteiger partial charge in [-0.15, -0.1) is 12.4 Å². The Morgan fingerprint density at radius 1 is 1.35 bits per heavy atom. The molecule has 17 heavy (non-hydrogen) atoms. The number of carbonyl (C=O) groups is 1. The number of carbonyl (C=O) groups excluding carboxylic acids is 1. The normalized spacial score (nSPS) is 13.5. The van der Waals surface area contributed by atoms with E-state index in [9.17, 15) is 9.36 Å². The lowest BCUT2D eigenvalue weighted by molar-refractivity contribution is -0.116. The highest BCUT2D eigenvalue weighted by Crippen LogP contribution is 2.34. The van der Waals surface area contributed by atoms with Gasteiger partial charge in [-0.2, -0.15) is 0 Å². The number of Topliss-reactive ketones (excluding diaryl/α,β-unsaturated/α-hetero) is 1. The molecule has 4 nitrogen and oxygen atoms in total. The summed E-state index contributed by atoms with van der Waals surface area (Å²) in [4.78, 5) is 20.3. The molecule has 96 valence electrons. The van der Waals surface area contributed by atoms with Gasteiger partial charge < -0.3 is 10.2 Å². The second-order valence-corrected chi connectivity index (χ2v) is 6.26. The molecule has 0 aromatic heterocycles. The zero-order chi connectivity index (χ0) is 12.0. The van der Waals surface area contributed by atoms with Crippen molar-refractivity contribution >= 4 is 25.6 Å². The maximum absolute atomic E-state index is 11.3. The van der Waals surface area contributed by atoms with Gasteiger partial charge in [0.15, 0.2) is 5.78 Å². The minimum Gasteiger partial charge on any atom is -0.344 e. The van der Waals surface area contributed by atoms with Crippen LogP contribution in [0.2, 0.25) is 0 Å². The van der Waals surface area contributed by atoms with Crippen LogP contribution >= 0.6 is 19.8 Å². The molecule has 1 aromatic carbocycles. The summed E-state index contributed by atoms with van der Waals surface area (Å²) in [7, 11) is -3.22. The Morgan fingerprint density at radius 3 is 2.47 bits per heavy atom. The first kappa shape index (κ1) is 16.3. The minimum absolute atomic E-state index is 0. The van der Waals surface area contributed by atoms with Crippen molar-refractivity contribution in [3.05, 3.63) is 35.9 Å². The third kappa shape index (κ3) is 8.11. The molecular weight excluding hydrogens is 261 g/mol. The van der Waals surface area contributed by atoms with E-state index in [-0.39, 0.29) is 30.9 Å². The Bertz CT molecular complexity index is 391. The van der Waals surface area contributed by atoms with Gasteiger partial charge in [-0.3, -0.25) is 9.36 Å². The highest BCUT2D eigenvalue weighted by atomic mass is 35.5. The molecule has 6 heteroatoms. The first-order valence-corrected chi connectivity index (χ1v) is 7.32. The second-order valence-electron chi connectivity index (χ2n) is 3.84. The van der Waals surface area contributed by atoms with Gasteiger partial charge >= 0.3 is 0 Å². The van der Waals surface area contributed by atoms with Gasteiger partial charge in [0.2, 0.25) is 7.37 Å². The van der Waals surface area contributed by atoms with Crippen molar-refractivity contribution in [2.24, 2.45) is 0 Å². The number of hydrogen-bond acceptors (Lipinski definition) is 3. The van der Waals surface area contributed by atoms with Crippen molar-refractivity contribution in [2.75, 3.05) is 19.4 Å². The quantitative estimate of drug-likeness (QED) is 0.776. The number of ketones is 1. The van der Waals surface area contributed by atoms with Crippen LogP contribution in [0, 0.1) is 0 Å². The lowest BCUT2D eigenvalue weighted by atomic mass is 10.2. The SMILES string of the molecule is CP(=O)(O)CC(=O)CNCc1ccccc1.Cl. The predicted molar refractivity (Wildman–Crippen MR) is 71.0 cm³/mol. The Labute approximate surface area is 107 Å². The molecule has 0 saturated heterocycles. The molecule has 0 spiro atoms. The lowest BCUT2D eigenvalue weighted by Crippen LogP contribution is -2.24. The van der Waals surface area contributed by atoms with E-state index in [1.54, 1.807) is 0 Å². The summed E-state index contributed by atoms with van der Waals surface area (Å²) in [5.74, 6) is -0.232. The van der Waals surface area contributed by atoms with E-state index in [1.807, 2.05) is 30.3 Å². The maximum atomic E-state index is 11.3. The molecule has 1 rings (SSSR count). The van der Waals surface area contributed by atoms with Crippen LogP contribution in [-0.4, -0.2) is 30.0 Å². The van der Waals surface area contributed by atoms with Crippen LogP contribution in [-0.2, 0) is 15.9 Å². The van der Waals surface area contributed by atoms with Gasteiger partial charge in [-0.1, -0.05) is 30.3 Å². The summed E-state index contributed by atoms with van der Waals surface area (Å²) in [5, 5.41) is 2.94. The molecule has 2 N–H and O–H groups in total. The van der Waals surface area contributed by atoms with Crippen molar-refractivity contribution in [1.82, 2.24) is 5.32 Å². The molecule has 1 unspecified atom stereocenters. The molecule has 0 heterocycles. The molecule has 0 bridgehead atoms. The number of hydrogen-bond donors (Lipinski definition) is 2. The number of rotatable bonds is 6. The fraction of sp³-hybridized carbons (Fsp3) is 0.364. The molecule has 0 radical (unpaired) electrons. The van der Waals surface area contributed by atoms with Crippen LogP contribution in [0.25, 0.3) is 0 Å². The summed E-state index contributed by atoms with van der Waals surface area (Å²) < 4.78 is 11.0. The average Bonchev–Trinajstić information content (AvgIpc) is 2.16. The fourth-order valence-electron chi connectivity index (χ4n) is 1.33. The number of benzene rings is 1. The summed E-state index contributed by atoms with van der Waals surface area (Å²) in [6.45, 7) is 1.92. The predicted octanol–water partition coefficient (Wildman–Crippen LogP) is 1.67. The Morgan fingerprint density at radius 2 is 1.94 bits per heavy atom. The largest absolute Gasteiger partial charge is 0.344 e. The smallest absolute Gasteiger partial charge is 0.204 e. The minimum atomic E-state index is -3.22. The Hall–Kier alpha value is -0.670. The molecule has 0 aliphatic carbocycles. The van der Waals surface area contributed by atoms with Crippen LogP contribution in [0.4, 0.5) is 0 Å². The van der Waals surface area contributed by atoms with Gasteiger partial charge in [-0.05, 0) is 5.56 Å². The molecule has 0 fully saturated rings. The van der Waals surface area contributed by atoms with Crippen molar-refractivity contribution in [2.45, 2.75) is 6.54 Å². The number of nitrogens with one attached hydrogen (secondary N) is 1. The second kappa shape index (κ2) is 7.62. The van der Waals surface area contributed by atoms with Crippen molar-refractivity contribution in [3.8, 4) is 0 Å². The summed E-state index contributed by atoms with van der Waals surface area (Å²) in [6, 6.07) is 9.68. The Kier molecular flexibility index (Phi) is 7.32. The Balaban J connectivity index is 0.00000256. The lowest BCUT2D eigenvalue weighted by Gasteiger charge is -2.06. The first-order valence-electron chi connectivity index (χ1n) is 5.03. The van der Waals surface area contributed by atoms with Gasteiger partial charge in [0, 0.05) is 13.2 Å². The zero-order valence-corrected chi connectivity index (χ0v) is 11.3. The van der Waals surface area contributed by atoms with E-state index in [0.29, 0.717) is 6.54 Å². The molecule has 0 amide bonds. The molecule has 0 aliphatic rings. The van der Waals surface area contributed by atoms with Crippen molar-refractivity contribution < 1.29 is 14.3 Å². The summed E-state index contributed by atoms with van der Waals surface area (Å²) in [6.07, 6.45) is -0.255. The average molecular weight is 278 g/mol. The third-order valence-corrected chi connectivity index (χ3v) is 2.90. The molecule has 1 atom stereocenters. The van der Waals surface area contributed by atoms with Crippen LogP contribution in [0.3, 0.4) is 0 Å². The van der Waals surface area contributed by atoms with Gasteiger partial charge in [-0.25, -0.2) is 0 Å². The first-order chi connectivity index (χ1) is 7.47. The van der Waals surface area contributed by atoms with E-state index in [0.717, 1.165) is 5.56 Å². The fourth-order valence-corrected chi connectivity index (χ4v) is 2.09. The topological polar surface area (TPSA) is 66.4 Å². The van der Waals surface area contributed by atoms with Gasteiger partial charge in [0.25, 0.3) is 0 Å².